The van der Waals surface area contributed by atoms with E-state index in [4.69, 9.17) is 96.3 Å². The van der Waals surface area contributed by atoms with Crippen molar-refractivity contribution in [3.63, 3.8) is 0 Å². The third-order valence-electron chi connectivity index (χ3n) is 18.6. The number of halogens is 6. The number of phenolic OH excluding ortho intramolecular Hbond substituents is 4. The van der Waals surface area contributed by atoms with E-state index in [-0.39, 0.29) is 118 Å². The van der Waals surface area contributed by atoms with Crippen LogP contribution in [0.2, 0.25) is 30.1 Å². The van der Waals surface area contributed by atoms with Gasteiger partial charge in [0.25, 0.3) is 47.3 Å². The highest BCUT2D eigenvalue weighted by Crippen LogP contribution is 2.36. The number of likely N-dealkylation sites (N-methyl/N-ethyl adjacent to an activating group) is 1. The number of nitrogens with two attached hydrogens (primary N) is 1. The number of amides is 8. The molecule has 8 aromatic carbocycles. The van der Waals surface area contributed by atoms with Gasteiger partial charge in [-0.1, -0.05) is 130 Å². The number of aromatic nitrogens is 4. The van der Waals surface area contributed by atoms with Crippen LogP contribution < -0.4 is 48.3 Å². The molecule has 2 aliphatic rings. The van der Waals surface area contributed by atoms with Crippen molar-refractivity contribution >= 4 is 186 Å². The van der Waals surface area contributed by atoms with Crippen LogP contribution in [-0.4, -0.2) is 186 Å². The minimum Gasteiger partial charge on any atom is -0.506 e. The summed E-state index contributed by atoms with van der Waals surface area (Å²) in [5.74, 6) is -3.30. The first kappa shape index (κ1) is 93.6. The maximum atomic E-state index is 12.9. The summed E-state index contributed by atoms with van der Waals surface area (Å²) in [4.78, 5) is 128. The van der Waals surface area contributed by atoms with E-state index in [1.54, 1.807) is 116 Å². The lowest BCUT2D eigenvalue weighted by molar-refractivity contribution is 0.0680. The number of nitrogens with zero attached hydrogens (tertiary/aromatic N) is 8. The number of aromatic hydroxyl groups is 4. The molecule has 14 rings (SSSR count). The molecule has 1 saturated heterocycles. The van der Waals surface area contributed by atoms with Crippen molar-refractivity contribution in [2.45, 2.75) is 0 Å². The molecular weight excluding hydrogens is 1770 g/mol. The van der Waals surface area contributed by atoms with E-state index in [0.29, 0.717) is 85.9 Å². The summed E-state index contributed by atoms with van der Waals surface area (Å²) < 4.78 is 5.32. The minimum absolute atomic E-state index is 0.0240. The van der Waals surface area contributed by atoms with E-state index in [2.05, 4.69) is 67.5 Å². The van der Waals surface area contributed by atoms with Crippen molar-refractivity contribution in [3.8, 4) is 23.0 Å². The fourth-order valence-electron chi connectivity index (χ4n) is 12.0. The average molecular weight is 1850 g/mol. The van der Waals surface area contributed by atoms with E-state index in [1.807, 2.05) is 16.8 Å². The van der Waals surface area contributed by atoms with E-state index >= 15 is 0 Å². The van der Waals surface area contributed by atoms with Gasteiger partial charge >= 0.3 is 0 Å². The van der Waals surface area contributed by atoms with Gasteiger partial charge in [0, 0.05) is 132 Å². The van der Waals surface area contributed by atoms with Crippen molar-refractivity contribution in [1.29, 1.82) is 16.2 Å². The predicted molar refractivity (Wildman–Crippen MR) is 494 cm³/mol. The number of hydrogen-bond donors (Lipinski definition) is 16. The summed E-state index contributed by atoms with van der Waals surface area (Å²) in [6, 6.07) is 52.1. The molecule has 4 aromatic heterocycles. The minimum atomic E-state index is -0.637. The lowest BCUT2D eigenvalue weighted by Crippen LogP contribution is -2.40. The molecule has 17 N–H and O–H groups in total. The topological polar surface area (TPSA) is 494 Å². The molecule has 0 unspecified atom stereocenters. The summed E-state index contributed by atoms with van der Waals surface area (Å²) in [5.41, 5.74) is 9.10. The second-order valence-corrected chi connectivity index (χ2v) is 30.3. The van der Waals surface area contributed by atoms with Crippen molar-refractivity contribution in [2.24, 2.45) is 10.7 Å². The number of carbonyl (C=O) groups excluding carboxylic acids is 8. The molecule has 652 valence electrons. The van der Waals surface area contributed by atoms with Gasteiger partial charge in [-0.25, -0.2) is 19.9 Å². The molecule has 0 saturated carbocycles. The van der Waals surface area contributed by atoms with E-state index in [1.165, 1.54) is 134 Å². The molecular formula is C89H76Cl6N20O13. The molecule has 1 fully saturated rings. The van der Waals surface area contributed by atoms with Gasteiger partial charge in [0.15, 0.2) is 0 Å². The number of hydrogen-bond acceptors (Lipinski definition) is 22. The number of phenols is 4. The molecule has 128 heavy (non-hydrogen) atoms. The number of para-hydroxylation sites is 2. The number of ether oxygens (including phenoxy) is 1. The van der Waals surface area contributed by atoms with Crippen LogP contribution in [0.3, 0.4) is 0 Å². The number of rotatable bonds is 20. The number of nitrogens with one attached hydrogen (secondary N) is 11. The van der Waals surface area contributed by atoms with E-state index in [9.17, 15) is 58.8 Å². The summed E-state index contributed by atoms with van der Waals surface area (Å²) >= 11 is 35.3. The maximum Gasteiger partial charge on any atom is 0.259 e. The van der Waals surface area contributed by atoms with Crippen molar-refractivity contribution in [2.75, 3.05) is 103 Å². The van der Waals surface area contributed by atoms with Gasteiger partial charge in [-0.3, -0.25) is 59.6 Å². The van der Waals surface area contributed by atoms with Crippen LogP contribution in [0.15, 0.2) is 236 Å². The van der Waals surface area contributed by atoms with Crippen LogP contribution in [0.1, 0.15) is 105 Å². The molecule has 2 aliphatic heterocycles. The standard InChI is InChI=1S/C24H21Cl2N5O4.C23H19Cl2N5O3.C22H20ClN5O3.C20H16ClN5O3/c25-16-5-6-20(28-13-16)29-24(34)18-11-17(26)12-19(32)21(18)30-23(33)15-3-1-14(2-4-15)22(27)31-7-9-35-10-8-31;1-30-9-8-26-21(30)13-2-4-14(5-3-13)22(32)29-20-17(10-16(25)11-18(20)31)23(33)28-19-7-6-15(24)12-27-19;1-28(2)20(24)13-6-8-14(9-7-13)21(30)27-19-16(4-3-5-17(19)29)22(31)26-18-11-10-15(23)12-25-18;21-13-8-9-16(24-10-13)25-20(29)14-2-1-3-15(27)17(14)26-19(28)12-6-4-11(5-7-12)18(22)23/h1-6,11-13,27,32H,7-10H2,(H,30,33)(H,28,29,34);2-7,10-12,31H,8-9H2,1H3,(H,29,32)(H,27,28,33);3-12,24,29H,1-2H3,(H,27,30)(H,25,26,31);1-10,27H,(H3,22,23)(H,26,28)(H,24,25,29). The van der Waals surface area contributed by atoms with Gasteiger partial charge in [-0.15, -0.1) is 0 Å². The molecule has 8 amide bonds. The summed E-state index contributed by atoms with van der Waals surface area (Å²) in [6.07, 6.45) is 5.53. The predicted octanol–water partition coefficient (Wildman–Crippen LogP) is 15.6. The Labute approximate surface area is 760 Å². The smallest absolute Gasteiger partial charge is 0.259 e. The fraction of sp³-hybridized carbons (Fsp3) is 0.101. The van der Waals surface area contributed by atoms with Crippen LogP contribution in [0.25, 0.3) is 0 Å². The highest BCUT2D eigenvalue weighted by atomic mass is 35.5. The van der Waals surface area contributed by atoms with Gasteiger partial charge in [0.1, 0.15) is 69.6 Å². The Morgan fingerprint density at radius 1 is 0.375 bits per heavy atom. The molecule has 6 heterocycles. The van der Waals surface area contributed by atoms with Gasteiger partial charge < -0.3 is 88.1 Å². The van der Waals surface area contributed by atoms with Gasteiger partial charge in [0.2, 0.25) is 0 Å². The number of anilines is 8. The average Bonchev–Trinajstić information content (AvgIpc) is 1.17. The summed E-state index contributed by atoms with van der Waals surface area (Å²) in [5, 5.41) is 87.6. The Morgan fingerprint density at radius 2 is 0.695 bits per heavy atom. The Kier molecular flexibility index (Phi) is 31.8. The second kappa shape index (κ2) is 43.5. The highest BCUT2D eigenvalue weighted by Gasteiger charge is 2.27. The second-order valence-electron chi connectivity index (χ2n) is 27.7. The monoisotopic (exact) mass is 1840 g/mol. The first-order chi connectivity index (χ1) is 61.2. The Balaban J connectivity index is 0.000000166. The summed E-state index contributed by atoms with van der Waals surface area (Å²) in [6.45, 7) is 3.99. The number of morpholine rings is 1. The number of nitrogen functional groups attached to an aromatic ring is 1. The normalized spacial score (nSPS) is 11.8. The maximum absolute atomic E-state index is 12.9. The number of carbonyl (C=O) groups is 8. The number of amidine groups is 4. The first-order valence-corrected chi connectivity index (χ1v) is 40.4. The molecule has 0 atom stereocenters. The number of aliphatic imine (C=N–C) groups is 1. The van der Waals surface area contributed by atoms with Crippen LogP contribution in [-0.2, 0) is 4.74 Å². The van der Waals surface area contributed by atoms with E-state index < -0.39 is 47.3 Å². The van der Waals surface area contributed by atoms with E-state index in [0.717, 1.165) is 24.5 Å². The van der Waals surface area contributed by atoms with Crippen LogP contribution in [0, 0.1) is 16.2 Å². The zero-order valence-corrected chi connectivity index (χ0v) is 72.1. The molecule has 0 aliphatic carbocycles. The lowest BCUT2D eigenvalue weighted by atomic mass is 10.1. The van der Waals surface area contributed by atoms with Gasteiger partial charge in [-0.2, -0.15) is 0 Å². The van der Waals surface area contributed by atoms with Crippen LogP contribution in [0.4, 0.5) is 46.0 Å². The van der Waals surface area contributed by atoms with Crippen LogP contribution >= 0.6 is 69.6 Å². The molecule has 12 aromatic rings. The van der Waals surface area contributed by atoms with Crippen molar-refractivity contribution < 1.29 is 63.5 Å². The Bertz CT molecular complexity index is 6220. The van der Waals surface area contributed by atoms with Gasteiger partial charge in [-0.05, 0) is 133 Å². The Morgan fingerprint density at radius 3 is 1.02 bits per heavy atom. The Hall–Kier alpha value is -15.1. The van der Waals surface area contributed by atoms with Crippen molar-refractivity contribution in [3.05, 3.63) is 328 Å². The molecule has 39 heteroatoms. The number of pyridine rings is 4. The zero-order chi connectivity index (χ0) is 92.0. The first-order valence-electron chi connectivity index (χ1n) is 38.1. The number of benzene rings is 8. The molecule has 33 nitrogen and oxygen atoms in total. The third-order valence-corrected chi connectivity index (χ3v) is 19.9. The largest absolute Gasteiger partial charge is 0.506 e. The van der Waals surface area contributed by atoms with Gasteiger partial charge in [0.05, 0.1) is 84.9 Å². The zero-order valence-electron chi connectivity index (χ0n) is 67.6. The van der Waals surface area contributed by atoms with Crippen molar-refractivity contribution in [1.82, 2.24) is 34.6 Å². The quantitative estimate of drug-likeness (QED) is 0.0191. The lowest BCUT2D eigenvalue weighted by Gasteiger charge is -2.29. The molecule has 0 bridgehead atoms. The third kappa shape index (κ3) is 25.1. The molecule has 0 radical (unpaired) electrons. The molecule has 0 spiro atoms. The SMILES string of the molecule is CN(C)C(=N)c1ccc(C(=O)Nc2c(O)cccc2C(=O)Nc2ccc(Cl)cn2)cc1.CN1CCN=C1c1ccc(C(=O)Nc2c(O)cc(Cl)cc2C(=O)Nc2ccc(Cl)cn2)cc1.N=C(N)c1ccc(C(=O)Nc2c(O)cccc2C(=O)Nc2ccc(Cl)cn2)cc1.N=C(c1ccc(C(=O)Nc2c(O)cc(Cl)cc2C(=O)Nc2ccc(Cl)cn2)cc1)N1CCOCC1. The van der Waals surface area contributed by atoms with Crippen LogP contribution in [0.5, 0.6) is 23.0 Å². The summed E-state index contributed by atoms with van der Waals surface area (Å²) in [7, 11) is 5.47. The highest BCUT2D eigenvalue weighted by molar-refractivity contribution is 6.33. The fourth-order valence-corrected chi connectivity index (χ4v) is 12.9.